The molecule has 6 heteroatoms. The molecule has 0 aliphatic carbocycles. The molecule has 0 radical (unpaired) electrons. The molecule has 1 unspecified atom stereocenters. The minimum atomic E-state index is -0.0366. The van der Waals surface area contributed by atoms with E-state index < -0.39 is 0 Å². The summed E-state index contributed by atoms with van der Waals surface area (Å²) in [6.45, 7) is 2.22. The fraction of sp³-hybridized carbons (Fsp3) is 0.312. The van der Waals surface area contributed by atoms with Crippen LogP contribution < -0.4 is 14.8 Å². The number of aromatic nitrogens is 1. The quantitative estimate of drug-likeness (QED) is 0.819. The van der Waals surface area contributed by atoms with Gasteiger partial charge in [0.05, 0.1) is 24.8 Å². The van der Waals surface area contributed by atoms with Crippen LogP contribution in [0.2, 0.25) is 5.02 Å². The molecule has 0 saturated heterocycles. The molecular weight excluding hydrogens is 304 g/mol. The lowest BCUT2D eigenvalue weighted by Gasteiger charge is -2.17. The number of hydrogen-bond acceptors (Lipinski definition) is 5. The molecule has 2 N–H and O–H groups in total. The zero-order valence-electron chi connectivity index (χ0n) is 12.5. The second kappa shape index (κ2) is 7.87. The maximum Gasteiger partial charge on any atom is 0.161 e. The van der Waals surface area contributed by atoms with Crippen LogP contribution in [-0.2, 0) is 0 Å². The lowest BCUT2D eigenvalue weighted by molar-refractivity contribution is 0.196. The summed E-state index contributed by atoms with van der Waals surface area (Å²) >= 11 is 5.83. The minimum Gasteiger partial charge on any atom is -0.493 e. The van der Waals surface area contributed by atoms with E-state index in [1.165, 1.54) is 0 Å². The maximum atomic E-state index is 8.83. The zero-order valence-corrected chi connectivity index (χ0v) is 13.3. The van der Waals surface area contributed by atoms with Gasteiger partial charge in [-0.25, -0.2) is 4.98 Å². The third-order valence-corrected chi connectivity index (χ3v) is 3.35. The summed E-state index contributed by atoms with van der Waals surface area (Å²) < 4.78 is 10.8. The number of rotatable bonds is 7. The van der Waals surface area contributed by atoms with Crippen molar-refractivity contribution >= 4 is 17.4 Å². The topological polar surface area (TPSA) is 63.6 Å². The summed E-state index contributed by atoms with van der Waals surface area (Å²) in [6, 6.07) is 9.33. The Kier molecular flexibility index (Phi) is 5.86. The van der Waals surface area contributed by atoms with Gasteiger partial charge in [-0.2, -0.15) is 0 Å². The van der Waals surface area contributed by atoms with Gasteiger partial charge in [-0.15, -0.1) is 0 Å². The molecule has 0 bridgehead atoms. The number of anilines is 1. The van der Waals surface area contributed by atoms with Crippen molar-refractivity contribution < 1.29 is 14.6 Å². The van der Waals surface area contributed by atoms with Crippen LogP contribution in [0, 0.1) is 0 Å². The number of nitrogens with one attached hydrogen (secondary N) is 1. The largest absolute Gasteiger partial charge is 0.493 e. The highest BCUT2D eigenvalue weighted by Crippen LogP contribution is 2.31. The SMILES string of the molecule is COc1cc(C(C)Nc2ccc(Cl)cn2)ccc1OCCO. The number of hydrogen-bond donors (Lipinski definition) is 2. The lowest BCUT2D eigenvalue weighted by atomic mass is 10.1. The Morgan fingerprint density at radius 3 is 2.73 bits per heavy atom. The van der Waals surface area contributed by atoms with Gasteiger partial charge < -0.3 is 19.9 Å². The van der Waals surface area contributed by atoms with Crippen LogP contribution in [0.1, 0.15) is 18.5 Å². The van der Waals surface area contributed by atoms with Crippen molar-refractivity contribution in [2.24, 2.45) is 0 Å². The fourth-order valence-corrected chi connectivity index (χ4v) is 2.11. The third kappa shape index (κ3) is 4.26. The second-order valence-electron chi connectivity index (χ2n) is 4.71. The second-order valence-corrected chi connectivity index (χ2v) is 5.15. The number of aliphatic hydroxyl groups excluding tert-OH is 1. The van der Waals surface area contributed by atoms with Gasteiger partial charge in [0.2, 0.25) is 0 Å². The molecule has 22 heavy (non-hydrogen) atoms. The zero-order chi connectivity index (χ0) is 15.9. The van der Waals surface area contributed by atoms with Gasteiger partial charge in [0.15, 0.2) is 11.5 Å². The van der Waals surface area contributed by atoms with E-state index in [0.717, 1.165) is 11.4 Å². The molecule has 0 fully saturated rings. The summed E-state index contributed by atoms with van der Waals surface area (Å²) in [5.41, 5.74) is 1.03. The highest BCUT2D eigenvalue weighted by molar-refractivity contribution is 6.30. The van der Waals surface area contributed by atoms with Gasteiger partial charge in [0.25, 0.3) is 0 Å². The van der Waals surface area contributed by atoms with E-state index in [9.17, 15) is 0 Å². The van der Waals surface area contributed by atoms with E-state index in [0.29, 0.717) is 16.5 Å². The number of methoxy groups -OCH3 is 1. The fourth-order valence-electron chi connectivity index (χ4n) is 1.99. The summed E-state index contributed by atoms with van der Waals surface area (Å²) in [5.74, 6) is 1.98. The molecule has 5 nitrogen and oxygen atoms in total. The van der Waals surface area contributed by atoms with Crippen molar-refractivity contribution in [3.8, 4) is 11.5 Å². The van der Waals surface area contributed by atoms with Crippen LogP contribution in [0.25, 0.3) is 0 Å². The van der Waals surface area contributed by atoms with Gasteiger partial charge >= 0.3 is 0 Å². The maximum absolute atomic E-state index is 8.83. The van der Waals surface area contributed by atoms with Crippen LogP contribution in [0.5, 0.6) is 11.5 Å². The molecule has 0 aliphatic rings. The average Bonchev–Trinajstić information content (AvgIpc) is 2.54. The van der Waals surface area contributed by atoms with Crippen LogP contribution in [0.4, 0.5) is 5.82 Å². The normalized spacial score (nSPS) is 11.8. The van der Waals surface area contributed by atoms with Gasteiger partial charge in [0, 0.05) is 6.20 Å². The molecule has 1 heterocycles. The number of ether oxygens (including phenoxy) is 2. The van der Waals surface area contributed by atoms with E-state index >= 15 is 0 Å². The Morgan fingerprint density at radius 2 is 2.09 bits per heavy atom. The summed E-state index contributed by atoms with van der Waals surface area (Å²) in [7, 11) is 1.59. The standard InChI is InChI=1S/C16H19ClN2O3/c1-11(19-16-6-4-13(17)10-18-16)12-3-5-14(22-8-7-20)15(9-12)21-2/h3-6,9-11,20H,7-8H2,1-2H3,(H,18,19). The molecule has 0 aliphatic heterocycles. The average molecular weight is 323 g/mol. The number of benzene rings is 1. The highest BCUT2D eigenvalue weighted by atomic mass is 35.5. The first-order valence-corrected chi connectivity index (χ1v) is 7.31. The van der Waals surface area contributed by atoms with Crippen LogP contribution in [0.15, 0.2) is 36.5 Å². The third-order valence-electron chi connectivity index (χ3n) is 3.13. The van der Waals surface area contributed by atoms with Crippen molar-refractivity contribution in [2.75, 3.05) is 25.6 Å². The molecule has 0 amide bonds. The lowest BCUT2D eigenvalue weighted by Crippen LogP contribution is -2.09. The van der Waals surface area contributed by atoms with Gasteiger partial charge in [0.1, 0.15) is 12.4 Å². The Balaban J connectivity index is 2.11. The number of halogens is 1. The summed E-state index contributed by atoms with van der Waals surface area (Å²) in [6.07, 6.45) is 1.60. The van der Waals surface area contributed by atoms with Crippen molar-refractivity contribution in [2.45, 2.75) is 13.0 Å². The molecule has 0 saturated carbocycles. The Morgan fingerprint density at radius 1 is 1.27 bits per heavy atom. The van der Waals surface area contributed by atoms with Gasteiger partial charge in [-0.1, -0.05) is 17.7 Å². The highest BCUT2D eigenvalue weighted by Gasteiger charge is 2.11. The van der Waals surface area contributed by atoms with Crippen LogP contribution in [0.3, 0.4) is 0 Å². The Hall–Kier alpha value is -1.98. The van der Waals surface area contributed by atoms with Crippen LogP contribution >= 0.6 is 11.6 Å². The first kappa shape index (κ1) is 16.4. The first-order chi connectivity index (χ1) is 10.6. The molecular formula is C16H19ClN2O3. The molecule has 118 valence electrons. The smallest absolute Gasteiger partial charge is 0.161 e. The Labute approximate surface area is 134 Å². The number of aliphatic hydroxyl groups is 1. The van der Waals surface area contributed by atoms with E-state index in [4.69, 9.17) is 26.2 Å². The predicted octanol–water partition coefficient (Wildman–Crippen LogP) is 3.29. The molecule has 2 aromatic rings. The Bertz CT molecular complexity index is 605. The molecule has 0 spiro atoms. The monoisotopic (exact) mass is 322 g/mol. The first-order valence-electron chi connectivity index (χ1n) is 6.93. The van der Waals surface area contributed by atoms with E-state index in [1.54, 1.807) is 19.4 Å². The van der Waals surface area contributed by atoms with Crippen molar-refractivity contribution in [3.05, 3.63) is 47.1 Å². The van der Waals surface area contributed by atoms with Crippen molar-refractivity contribution in [3.63, 3.8) is 0 Å². The minimum absolute atomic E-state index is 0.0365. The molecule has 1 aromatic carbocycles. The van der Waals surface area contributed by atoms with Gasteiger partial charge in [-0.05, 0) is 36.8 Å². The van der Waals surface area contributed by atoms with E-state index in [2.05, 4.69) is 10.3 Å². The predicted molar refractivity (Wildman–Crippen MR) is 86.9 cm³/mol. The summed E-state index contributed by atoms with van der Waals surface area (Å²) in [4.78, 5) is 4.22. The molecule has 2 rings (SSSR count). The van der Waals surface area contributed by atoms with E-state index in [1.807, 2.05) is 31.2 Å². The molecule has 1 atom stereocenters. The van der Waals surface area contributed by atoms with Gasteiger partial charge in [-0.3, -0.25) is 0 Å². The number of nitrogens with zero attached hydrogens (tertiary/aromatic N) is 1. The van der Waals surface area contributed by atoms with Crippen molar-refractivity contribution in [1.29, 1.82) is 0 Å². The molecule has 1 aromatic heterocycles. The number of pyridine rings is 1. The summed E-state index contributed by atoms with van der Waals surface area (Å²) in [5, 5.41) is 12.7. The van der Waals surface area contributed by atoms with Crippen molar-refractivity contribution in [1.82, 2.24) is 4.98 Å². The van der Waals surface area contributed by atoms with Crippen LogP contribution in [-0.4, -0.2) is 30.4 Å². The van der Waals surface area contributed by atoms with E-state index in [-0.39, 0.29) is 19.3 Å².